The molecule has 0 spiro atoms. The Morgan fingerprint density at radius 2 is 2.04 bits per heavy atom. The fraction of sp³-hybridized carbons (Fsp3) is 0.294. The van der Waals surface area contributed by atoms with Crippen molar-refractivity contribution < 1.29 is 4.79 Å². The minimum absolute atomic E-state index is 0.0821. The van der Waals surface area contributed by atoms with Crippen molar-refractivity contribution >= 4 is 33.3 Å². The summed E-state index contributed by atoms with van der Waals surface area (Å²) < 4.78 is 0.945. The maximum absolute atomic E-state index is 12.2. The van der Waals surface area contributed by atoms with Crippen molar-refractivity contribution in [2.75, 3.05) is 32.5 Å². The summed E-state index contributed by atoms with van der Waals surface area (Å²) in [6.07, 6.45) is 2.56. The minimum atomic E-state index is -0.0821. The van der Waals surface area contributed by atoms with E-state index in [1.54, 1.807) is 18.3 Å². The second-order valence-corrected chi connectivity index (χ2v) is 6.30. The summed E-state index contributed by atoms with van der Waals surface area (Å²) in [7, 11) is 4.04. The van der Waals surface area contributed by atoms with Crippen molar-refractivity contribution in [3.8, 4) is 0 Å². The molecule has 1 heterocycles. The molecule has 5 nitrogen and oxygen atoms in total. The monoisotopic (exact) mass is 376 g/mol. The highest BCUT2D eigenvalue weighted by atomic mass is 79.9. The van der Waals surface area contributed by atoms with Gasteiger partial charge in [0, 0.05) is 22.8 Å². The number of amides is 1. The predicted molar refractivity (Wildman–Crippen MR) is 97.2 cm³/mol. The molecule has 1 amide bonds. The van der Waals surface area contributed by atoms with Gasteiger partial charge < -0.3 is 15.5 Å². The quantitative estimate of drug-likeness (QED) is 0.728. The predicted octanol–water partition coefficient (Wildman–Crippen LogP) is 3.27. The lowest BCUT2D eigenvalue weighted by molar-refractivity contribution is 0.0952. The lowest BCUT2D eigenvalue weighted by Gasteiger charge is -2.11. The van der Waals surface area contributed by atoms with E-state index in [0.717, 1.165) is 23.1 Å². The number of hydrogen-bond donors (Lipinski definition) is 2. The van der Waals surface area contributed by atoms with E-state index in [0.29, 0.717) is 17.9 Å². The number of nitrogens with zero attached hydrogens (tertiary/aromatic N) is 2. The summed E-state index contributed by atoms with van der Waals surface area (Å²) in [6, 6.07) is 11.2. The zero-order chi connectivity index (χ0) is 16.7. The largest absolute Gasteiger partial charge is 0.352 e. The molecule has 0 aliphatic carbocycles. The zero-order valence-corrected chi connectivity index (χ0v) is 14.9. The van der Waals surface area contributed by atoms with E-state index in [1.807, 2.05) is 38.4 Å². The van der Waals surface area contributed by atoms with Crippen LogP contribution in [-0.4, -0.2) is 43.0 Å². The first kappa shape index (κ1) is 17.4. The fourth-order valence-corrected chi connectivity index (χ4v) is 2.42. The van der Waals surface area contributed by atoms with Crippen LogP contribution in [-0.2, 0) is 0 Å². The lowest BCUT2D eigenvalue weighted by Crippen LogP contribution is -2.27. The first-order valence-electron chi connectivity index (χ1n) is 7.47. The number of aromatic nitrogens is 1. The van der Waals surface area contributed by atoms with Crippen LogP contribution < -0.4 is 10.6 Å². The fourth-order valence-electron chi connectivity index (χ4n) is 2.04. The molecular weight excluding hydrogens is 356 g/mol. The second-order valence-electron chi connectivity index (χ2n) is 5.45. The molecule has 2 rings (SSSR count). The van der Waals surface area contributed by atoms with Gasteiger partial charge in [-0.1, -0.05) is 12.1 Å². The lowest BCUT2D eigenvalue weighted by atomic mass is 10.2. The van der Waals surface area contributed by atoms with Gasteiger partial charge in [-0.15, -0.1) is 0 Å². The average Bonchev–Trinajstić information content (AvgIpc) is 2.54. The molecule has 0 radical (unpaired) electrons. The smallest absolute Gasteiger partial charge is 0.251 e. The van der Waals surface area contributed by atoms with Crippen LogP contribution in [0.4, 0.5) is 11.5 Å². The summed E-state index contributed by atoms with van der Waals surface area (Å²) in [4.78, 5) is 18.5. The molecule has 0 unspecified atom stereocenters. The van der Waals surface area contributed by atoms with Crippen molar-refractivity contribution in [1.82, 2.24) is 15.2 Å². The van der Waals surface area contributed by atoms with Crippen LogP contribution in [0.2, 0.25) is 0 Å². The van der Waals surface area contributed by atoms with Gasteiger partial charge in [0.05, 0.1) is 5.69 Å². The van der Waals surface area contributed by atoms with E-state index in [2.05, 4.69) is 36.4 Å². The molecule has 0 saturated carbocycles. The van der Waals surface area contributed by atoms with Crippen LogP contribution >= 0.6 is 15.9 Å². The van der Waals surface area contributed by atoms with Crippen molar-refractivity contribution in [2.45, 2.75) is 6.42 Å². The van der Waals surface area contributed by atoms with Gasteiger partial charge in [-0.3, -0.25) is 4.79 Å². The second kappa shape index (κ2) is 8.64. The van der Waals surface area contributed by atoms with Gasteiger partial charge in [-0.25, -0.2) is 4.98 Å². The summed E-state index contributed by atoms with van der Waals surface area (Å²) in [6.45, 7) is 1.61. The molecule has 122 valence electrons. The van der Waals surface area contributed by atoms with E-state index < -0.39 is 0 Å². The van der Waals surface area contributed by atoms with E-state index in [1.165, 1.54) is 0 Å². The van der Waals surface area contributed by atoms with Crippen LogP contribution in [0.15, 0.2) is 47.1 Å². The molecule has 0 aliphatic heterocycles. The van der Waals surface area contributed by atoms with Crippen molar-refractivity contribution in [1.29, 1.82) is 0 Å². The normalized spacial score (nSPS) is 10.6. The Balaban J connectivity index is 1.96. The molecule has 0 fully saturated rings. The number of benzene rings is 1. The molecule has 0 aliphatic rings. The molecular formula is C17H21BrN4O. The number of rotatable bonds is 7. The Morgan fingerprint density at radius 1 is 1.26 bits per heavy atom. The maximum Gasteiger partial charge on any atom is 0.251 e. The van der Waals surface area contributed by atoms with Gasteiger partial charge in [0.2, 0.25) is 0 Å². The number of carbonyl (C=O) groups excluding carboxylic acids is 1. The molecule has 2 N–H and O–H groups in total. The average molecular weight is 377 g/mol. The van der Waals surface area contributed by atoms with Crippen LogP contribution in [0.1, 0.15) is 16.8 Å². The Morgan fingerprint density at radius 3 is 2.78 bits per heavy atom. The van der Waals surface area contributed by atoms with Crippen LogP contribution in [0, 0.1) is 0 Å². The Bertz CT molecular complexity index is 661. The van der Waals surface area contributed by atoms with Crippen LogP contribution in [0.3, 0.4) is 0 Å². The van der Waals surface area contributed by atoms with Crippen LogP contribution in [0.5, 0.6) is 0 Å². The Labute approximate surface area is 145 Å². The summed E-state index contributed by atoms with van der Waals surface area (Å²) >= 11 is 3.48. The number of para-hydroxylation sites is 1. The van der Waals surface area contributed by atoms with Crippen LogP contribution in [0.25, 0.3) is 0 Å². The maximum atomic E-state index is 12.2. The third-order valence-electron chi connectivity index (χ3n) is 3.23. The van der Waals surface area contributed by atoms with Gasteiger partial charge in [-0.05, 0) is 67.3 Å². The standard InChI is InChI=1S/C17H21BrN4O/c1-22(2)11-5-9-20-17(23)13-8-10-19-16(12-13)21-15-7-4-3-6-14(15)18/h3-4,6-8,10,12H,5,9,11H2,1-2H3,(H,19,21)(H,20,23). The highest BCUT2D eigenvalue weighted by Gasteiger charge is 2.07. The molecule has 2 aromatic rings. The summed E-state index contributed by atoms with van der Waals surface area (Å²) in [5, 5.41) is 6.13. The zero-order valence-electron chi connectivity index (χ0n) is 13.3. The molecule has 0 saturated heterocycles. The highest BCUT2D eigenvalue weighted by Crippen LogP contribution is 2.24. The molecule has 23 heavy (non-hydrogen) atoms. The number of carbonyl (C=O) groups is 1. The van der Waals surface area contributed by atoms with E-state index in [4.69, 9.17) is 0 Å². The number of nitrogens with one attached hydrogen (secondary N) is 2. The third-order valence-corrected chi connectivity index (χ3v) is 3.92. The molecule has 1 aromatic carbocycles. The molecule has 0 bridgehead atoms. The number of anilines is 2. The van der Waals surface area contributed by atoms with Crippen molar-refractivity contribution in [3.63, 3.8) is 0 Å². The molecule has 0 atom stereocenters. The third kappa shape index (κ3) is 5.65. The number of halogens is 1. The SMILES string of the molecule is CN(C)CCCNC(=O)c1ccnc(Nc2ccccc2Br)c1. The van der Waals surface area contributed by atoms with E-state index in [9.17, 15) is 4.79 Å². The summed E-state index contributed by atoms with van der Waals surface area (Å²) in [5.41, 5.74) is 1.50. The van der Waals surface area contributed by atoms with Gasteiger partial charge >= 0.3 is 0 Å². The highest BCUT2D eigenvalue weighted by molar-refractivity contribution is 9.10. The van der Waals surface area contributed by atoms with Gasteiger partial charge in [-0.2, -0.15) is 0 Å². The van der Waals surface area contributed by atoms with Gasteiger partial charge in [0.15, 0.2) is 0 Å². The van der Waals surface area contributed by atoms with E-state index >= 15 is 0 Å². The van der Waals surface area contributed by atoms with E-state index in [-0.39, 0.29) is 5.91 Å². The van der Waals surface area contributed by atoms with Gasteiger partial charge in [0.25, 0.3) is 5.91 Å². The Kier molecular flexibility index (Phi) is 6.55. The first-order chi connectivity index (χ1) is 11.1. The Hall–Kier alpha value is -1.92. The van der Waals surface area contributed by atoms with Gasteiger partial charge in [0.1, 0.15) is 5.82 Å². The van der Waals surface area contributed by atoms with Crippen molar-refractivity contribution in [3.05, 3.63) is 52.6 Å². The first-order valence-corrected chi connectivity index (χ1v) is 8.26. The number of pyridine rings is 1. The topological polar surface area (TPSA) is 57.3 Å². The molecule has 6 heteroatoms. The number of hydrogen-bond acceptors (Lipinski definition) is 4. The van der Waals surface area contributed by atoms with Crippen molar-refractivity contribution in [2.24, 2.45) is 0 Å². The minimum Gasteiger partial charge on any atom is -0.352 e. The summed E-state index contributed by atoms with van der Waals surface area (Å²) in [5.74, 6) is 0.555. The molecule has 1 aromatic heterocycles.